The van der Waals surface area contributed by atoms with Crippen LogP contribution >= 0.6 is 0 Å². The van der Waals surface area contributed by atoms with Crippen LogP contribution < -0.4 is 0 Å². The highest BCUT2D eigenvalue weighted by molar-refractivity contribution is 6.24. The summed E-state index contributed by atoms with van der Waals surface area (Å²) in [6.07, 6.45) is 0. The molecule has 12 aromatic carbocycles. The van der Waals surface area contributed by atoms with Gasteiger partial charge in [0.05, 0.1) is 0 Å². The highest BCUT2D eigenvalue weighted by Gasteiger charge is 2.35. The third kappa shape index (κ3) is 5.61. The Morgan fingerprint density at radius 2 is 0.619 bits per heavy atom. The second kappa shape index (κ2) is 13.6. The van der Waals surface area contributed by atoms with Crippen LogP contribution in [0.1, 0.15) is 25.0 Å². The number of hydrogen-bond acceptors (Lipinski definition) is 0. The Kier molecular flexibility index (Phi) is 7.75. The molecule has 0 atom stereocenters. The normalized spacial score (nSPS) is 13.0. The largest absolute Gasteiger partial charge is 0.0619 e. The van der Waals surface area contributed by atoms with E-state index in [0.29, 0.717) is 0 Å². The van der Waals surface area contributed by atoms with Gasteiger partial charge in [-0.15, -0.1) is 0 Å². The minimum Gasteiger partial charge on any atom is -0.0619 e. The van der Waals surface area contributed by atoms with Gasteiger partial charge in [-0.3, -0.25) is 0 Å². The van der Waals surface area contributed by atoms with Crippen LogP contribution in [0, 0.1) is 0 Å². The molecule has 0 spiro atoms. The number of fused-ring (bicyclic) bond motifs is 11. The van der Waals surface area contributed by atoms with E-state index in [1.807, 2.05) is 0 Å². The summed E-state index contributed by atoms with van der Waals surface area (Å²) >= 11 is 0. The molecular weight excluding hydrogens is 757 g/mol. The zero-order chi connectivity index (χ0) is 41.8. The molecule has 0 aliphatic heterocycles. The Bertz CT molecular complexity index is 3880. The Balaban J connectivity index is 0.978. The van der Waals surface area contributed by atoms with E-state index >= 15 is 0 Å². The summed E-state index contributed by atoms with van der Waals surface area (Å²) in [5, 5.41) is 15.1. The standard InChI is InChI=1S/C63H42/c1-63(2)61-18-10-9-17-54(61)55-30-28-48(36-62(55)63)46-24-22-43-31-45(23-21-44(43)32-46)47-27-29-53-57(50-26-20-40-12-4-6-14-42(40)34-50)37-59-52-16-8-7-15-51(52)56(38-60(59)58(53)35-47)49-25-19-39-11-3-5-13-41(39)33-49/h3-38H,1-2H3. The predicted molar refractivity (Wildman–Crippen MR) is 271 cm³/mol. The molecule has 0 aromatic heterocycles. The van der Waals surface area contributed by atoms with Crippen LogP contribution in [0.3, 0.4) is 0 Å². The molecule has 0 amide bonds. The minimum atomic E-state index is -0.0276. The second-order valence-corrected chi connectivity index (χ2v) is 18.1. The monoisotopic (exact) mass is 798 g/mol. The summed E-state index contributed by atoms with van der Waals surface area (Å²) in [6.45, 7) is 4.71. The van der Waals surface area contributed by atoms with E-state index in [4.69, 9.17) is 0 Å². The third-order valence-electron chi connectivity index (χ3n) is 14.2. The van der Waals surface area contributed by atoms with E-state index in [1.165, 1.54) is 131 Å². The van der Waals surface area contributed by atoms with Gasteiger partial charge >= 0.3 is 0 Å². The highest BCUT2D eigenvalue weighted by atomic mass is 14.4. The van der Waals surface area contributed by atoms with Crippen LogP contribution in [0.5, 0.6) is 0 Å². The lowest BCUT2D eigenvalue weighted by Crippen LogP contribution is -2.14. The van der Waals surface area contributed by atoms with Gasteiger partial charge in [-0.25, -0.2) is 0 Å². The molecule has 0 fully saturated rings. The molecule has 294 valence electrons. The maximum atomic E-state index is 2.46. The van der Waals surface area contributed by atoms with Gasteiger partial charge < -0.3 is 0 Å². The first kappa shape index (κ1) is 35.9. The third-order valence-corrected chi connectivity index (χ3v) is 14.2. The van der Waals surface area contributed by atoms with E-state index in [0.717, 1.165) is 0 Å². The van der Waals surface area contributed by atoms with Crippen LogP contribution in [0.25, 0.3) is 120 Å². The Labute approximate surface area is 367 Å². The maximum Gasteiger partial charge on any atom is 0.0159 e. The van der Waals surface area contributed by atoms with Crippen molar-refractivity contribution < 1.29 is 0 Å². The lowest BCUT2D eigenvalue weighted by Gasteiger charge is -2.22. The summed E-state index contributed by atoms with van der Waals surface area (Å²) in [5.41, 5.74) is 15.4. The van der Waals surface area contributed by atoms with Crippen LogP contribution in [0.2, 0.25) is 0 Å². The number of hydrogen-bond donors (Lipinski definition) is 0. The summed E-state index contributed by atoms with van der Waals surface area (Å²) in [5.74, 6) is 0. The molecule has 0 radical (unpaired) electrons. The van der Waals surface area contributed by atoms with Crippen molar-refractivity contribution in [2.45, 2.75) is 19.3 Å². The summed E-state index contributed by atoms with van der Waals surface area (Å²) < 4.78 is 0. The van der Waals surface area contributed by atoms with Gasteiger partial charge in [0.2, 0.25) is 0 Å². The molecule has 0 heteroatoms. The average Bonchev–Trinajstić information content (AvgIpc) is 3.57. The fraction of sp³-hybridized carbons (Fsp3) is 0.0476. The van der Waals surface area contributed by atoms with Crippen LogP contribution in [0.15, 0.2) is 218 Å². The van der Waals surface area contributed by atoms with Crippen molar-refractivity contribution in [1.82, 2.24) is 0 Å². The average molecular weight is 799 g/mol. The summed E-state index contributed by atoms with van der Waals surface area (Å²) in [6, 6.07) is 82.0. The van der Waals surface area contributed by atoms with Gasteiger partial charge in [0, 0.05) is 5.41 Å². The van der Waals surface area contributed by atoms with Gasteiger partial charge in [-0.1, -0.05) is 184 Å². The molecular formula is C63H42. The lowest BCUT2D eigenvalue weighted by molar-refractivity contribution is 0.660. The first-order chi connectivity index (χ1) is 30.9. The van der Waals surface area contributed by atoms with Crippen molar-refractivity contribution in [3.05, 3.63) is 230 Å². The SMILES string of the molecule is CC1(C)c2ccccc2-c2ccc(-c3ccc4cc(-c5ccc6c(-c7ccc8ccccc8c7)cc7c8ccccc8c(-c8ccc9ccccc9c8)cc7c6c5)ccc4c3)cc21. The summed E-state index contributed by atoms with van der Waals surface area (Å²) in [4.78, 5) is 0. The quantitative estimate of drug-likeness (QED) is 0.156. The minimum absolute atomic E-state index is 0.0276. The van der Waals surface area contributed by atoms with E-state index in [-0.39, 0.29) is 5.41 Å². The van der Waals surface area contributed by atoms with Gasteiger partial charge in [-0.05, 0) is 180 Å². The first-order valence-corrected chi connectivity index (χ1v) is 22.1. The molecule has 0 nitrogen and oxygen atoms in total. The van der Waals surface area contributed by atoms with Crippen molar-refractivity contribution in [1.29, 1.82) is 0 Å². The Hall–Kier alpha value is -7.80. The predicted octanol–water partition coefficient (Wildman–Crippen LogP) is 17.6. The van der Waals surface area contributed by atoms with E-state index in [1.54, 1.807) is 0 Å². The van der Waals surface area contributed by atoms with Crippen LogP contribution in [-0.2, 0) is 5.41 Å². The molecule has 12 aromatic rings. The molecule has 0 bridgehead atoms. The topological polar surface area (TPSA) is 0 Å². The van der Waals surface area contributed by atoms with Gasteiger partial charge in [0.15, 0.2) is 0 Å². The fourth-order valence-corrected chi connectivity index (χ4v) is 10.9. The molecule has 13 rings (SSSR count). The molecule has 0 unspecified atom stereocenters. The molecule has 1 aliphatic carbocycles. The molecule has 0 N–H and O–H groups in total. The Morgan fingerprint density at radius 3 is 1.29 bits per heavy atom. The second-order valence-electron chi connectivity index (χ2n) is 18.1. The first-order valence-electron chi connectivity index (χ1n) is 22.1. The smallest absolute Gasteiger partial charge is 0.0159 e. The molecule has 1 aliphatic rings. The molecule has 0 saturated carbocycles. The lowest BCUT2D eigenvalue weighted by atomic mass is 9.81. The van der Waals surface area contributed by atoms with E-state index in [9.17, 15) is 0 Å². The highest BCUT2D eigenvalue weighted by Crippen LogP contribution is 2.50. The molecule has 63 heavy (non-hydrogen) atoms. The van der Waals surface area contributed by atoms with E-state index in [2.05, 4.69) is 232 Å². The van der Waals surface area contributed by atoms with Crippen molar-refractivity contribution in [2.75, 3.05) is 0 Å². The van der Waals surface area contributed by atoms with Crippen molar-refractivity contribution in [2.24, 2.45) is 0 Å². The van der Waals surface area contributed by atoms with Crippen LogP contribution in [0.4, 0.5) is 0 Å². The maximum absolute atomic E-state index is 2.46. The van der Waals surface area contributed by atoms with Crippen molar-refractivity contribution in [3.63, 3.8) is 0 Å². The van der Waals surface area contributed by atoms with Gasteiger partial charge in [0.1, 0.15) is 0 Å². The van der Waals surface area contributed by atoms with Gasteiger partial charge in [0.25, 0.3) is 0 Å². The molecule has 0 saturated heterocycles. The van der Waals surface area contributed by atoms with E-state index < -0.39 is 0 Å². The fourth-order valence-electron chi connectivity index (χ4n) is 10.9. The zero-order valence-electron chi connectivity index (χ0n) is 35.3. The van der Waals surface area contributed by atoms with Crippen molar-refractivity contribution in [3.8, 4) is 55.6 Å². The van der Waals surface area contributed by atoms with Crippen LogP contribution in [-0.4, -0.2) is 0 Å². The number of rotatable bonds is 4. The zero-order valence-corrected chi connectivity index (χ0v) is 35.3. The van der Waals surface area contributed by atoms with Gasteiger partial charge in [-0.2, -0.15) is 0 Å². The Morgan fingerprint density at radius 1 is 0.222 bits per heavy atom. The van der Waals surface area contributed by atoms with Crippen molar-refractivity contribution >= 4 is 64.6 Å². The summed E-state index contributed by atoms with van der Waals surface area (Å²) in [7, 11) is 0. The number of benzene rings is 12. The molecule has 0 heterocycles.